The Kier molecular flexibility index (Phi) is 5.62. The molecule has 1 saturated heterocycles. The maximum absolute atomic E-state index is 9.96. The Morgan fingerprint density at radius 1 is 1.10 bits per heavy atom. The van der Waals surface area contributed by atoms with Gasteiger partial charge in [-0.05, 0) is 19.3 Å². The van der Waals surface area contributed by atoms with Gasteiger partial charge in [0.25, 0.3) is 0 Å². The van der Waals surface area contributed by atoms with Crippen molar-refractivity contribution in [2.45, 2.75) is 49.9 Å². The van der Waals surface area contributed by atoms with Crippen molar-refractivity contribution < 1.29 is 30.3 Å². The molecule has 5 N–H and O–H groups in total. The van der Waals surface area contributed by atoms with E-state index in [1.807, 2.05) is 0 Å². The number of aromatic nitrogens is 3. The molecule has 2 heterocycles. The molecule has 5 atom stereocenters. The van der Waals surface area contributed by atoms with Gasteiger partial charge in [-0.2, -0.15) is 0 Å². The summed E-state index contributed by atoms with van der Waals surface area (Å²) in [7, 11) is 0. The first-order valence-corrected chi connectivity index (χ1v) is 6.90. The van der Waals surface area contributed by atoms with Gasteiger partial charge < -0.3 is 30.3 Å². The van der Waals surface area contributed by atoms with Gasteiger partial charge in [0, 0.05) is 6.61 Å². The van der Waals surface area contributed by atoms with Crippen molar-refractivity contribution in [1.82, 2.24) is 15.0 Å². The molecule has 0 bridgehead atoms. The number of unbranched alkanes of at least 4 members (excludes halogenated alkanes) is 1. The van der Waals surface area contributed by atoms with E-state index in [1.165, 1.54) is 4.68 Å². The van der Waals surface area contributed by atoms with Crippen molar-refractivity contribution in [2.24, 2.45) is 0 Å². The lowest BCUT2D eigenvalue weighted by atomic mass is 9.98. The van der Waals surface area contributed by atoms with E-state index in [1.54, 1.807) is 6.20 Å². The first kappa shape index (κ1) is 16.3. The van der Waals surface area contributed by atoms with Crippen molar-refractivity contribution >= 4 is 0 Å². The predicted octanol–water partition coefficient (Wildman–Crippen LogP) is -2.43. The molecule has 1 fully saturated rings. The lowest BCUT2D eigenvalue weighted by Crippen LogP contribution is -2.56. The first-order valence-electron chi connectivity index (χ1n) is 6.90. The van der Waals surface area contributed by atoms with Crippen LogP contribution in [0.3, 0.4) is 0 Å². The summed E-state index contributed by atoms with van der Waals surface area (Å²) < 4.78 is 6.63. The van der Waals surface area contributed by atoms with Crippen LogP contribution in [0.1, 0.15) is 24.8 Å². The van der Waals surface area contributed by atoms with Crippen LogP contribution in [-0.4, -0.2) is 78.2 Å². The summed E-state index contributed by atoms with van der Waals surface area (Å²) in [6.07, 6.45) is -2.61. The molecule has 1 aromatic rings. The summed E-state index contributed by atoms with van der Waals surface area (Å²) in [6, 6.07) is 0. The molecule has 120 valence electrons. The highest BCUT2D eigenvalue weighted by Gasteiger charge is 2.44. The normalized spacial score (nSPS) is 33.3. The Morgan fingerprint density at radius 3 is 2.52 bits per heavy atom. The van der Waals surface area contributed by atoms with Gasteiger partial charge in [-0.1, -0.05) is 5.21 Å². The Labute approximate surface area is 121 Å². The second-order valence-corrected chi connectivity index (χ2v) is 5.09. The quantitative estimate of drug-likeness (QED) is 0.365. The maximum atomic E-state index is 9.96. The smallest absolute Gasteiger partial charge is 0.180 e. The van der Waals surface area contributed by atoms with Crippen LogP contribution < -0.4 is 0 Å². The fourth-order valence-electron chi connectivity index (χ4n) is 2.27. The minimum atomic E-state index is -1.44. The summed E-state index contributed by atoms with van der Waals surface area (Å²) in [5.41, 5.74) is 0.667. The fourth-order valence-corrected chi connectivity index (χ4v) is 2.27. The Bertz CT molecular complexity index is 440. The molecule has 0 saturated carbocycles. The van der Waals surface area contributed by atoms with Crippen molar-refractivity contribution in [3.63, 3.8) is 0 Å². The van der Waals surface area contributed by atoms with E-state index in [0.29, 0.717) is 18.5 Å². The van der Waals surface area contributed by atoms with Crippen LogP contribution in [0.4, 0.5) is 0 Å². The molecule has 1 aliphatic heterocycles. The van der Waals surface area contributed by atoms with Crippen LogP contribution in [0.25, 0.3) is 0 Å². The Balaban J connectivity index is 2.06. The van der Waals surface area contributed by atoms with Crippen molar-refractivity contribution in [3.8, 4) is 0 Å². The van der Waals surface area contributed by atoms with Gasteiger partial charge in [-0.15, -0.1) is 5.10 Å². The third-order valence-corrected chi connectivity index (χ3v) is 3.53. The zero-order valence-corrected chi connectivity index (χ0v) is 11.5. The van der Waals surface area contributed by atoms with Gasteiger partial charge in [0.05, 0.1) is 18.5 Å². The van der Waals surface area contributed by atoms with E-state index in [0.717, 1.165) is 6.42 Å². The topological polar surface area (TPSA) is 141 Å². The average molecular weight is 303 g/mol. The van der Waals surface area contributed by atoms with Gasteiger partial charge in [0.15, 0.2) is 6.23 Å². The molecule has 0 radical (unpaired) electrons. The summed E-state index contributed by atoms with van der Waals surface area (Å²) in [5, 5.41) is 55.0. The largest absolute Gasteiger partial charge is 0.396 e. The minimum absolute atomic E-state index is 0.112. The van der Waals surface area contributed by atoms with Crippen LogP contribution in [0.15, 0.2) is 6.20 Å². The molecule has 0 aromatic carbocycles. The lowest BCUT2D eigenvalue weighted by molar-refractivity contribution is -0.254. The molecule has 0 aliphatic carbocycles. The summed E-state index contributed by atoms with van der Waals surface area (Å²) >= 11 is 0. The number of ether oxygens (including phenoxy) is 1. The average Bonchev–Trinajstić information content (AvgIpc) is 2.94. The second-order valence-electron chi connectivity index (χ2n) is 5.09. The number of aliphatic hydroxyl groups excluding tert-OH is 5. The second kappa shape index (κ2) is 7.25. The number of hydrogen-bond acceptors (Lipinski definition) is 8. The van der Waals surface area contributed by atoms with E-state index in [-0.39, 0.29) is 6.61 Å². The molecule has 21 heavy (non-hydrogen) atoms. The Hall–Kier alpha value is -1.10. The highest BCUT2D eigenvalue weighted by Crippen LogP contribution is 2.27. The van der Waals surface area contributed by atoms with E-state index in [2.05, 4.69) is 10.3 Å². The standard InChI is InChI=1S/C12H21N3O6/c16-4-2-1-3-7-5-15(14-13-7)12-11(20)10(19)9(18)8(6-17)21-12/h5,8-12,16-20H,1-4,6H2/t8-,9+,10+,11-,12-/m1/s1. The van der Waals surface area contributed by atoms with Gasteiger partial charge >= 0.3 is 0 Å². The van der Waals surface area contributed by atoms with E-state index in [4.69, 9.17) is 14.9 Å². The van der Waals surface area contributed by atoms with Crippen LogP contribution in [-0.2, 0) is 11.2 Å². The molecule has 0 amide bonds. The fraction of sp³-hybridized carbons (Fsp3) is 0.833. The highest BCUT2D eigenvalue weighted by atomic mass is 16.6. The van der Waals surface area contributed by atoms with E-state index >= 15 is 0 Å². The molecule has 9 nitrogen and oxygen atoms in total. The van der Waals surface area contributed by atoms with E-state index in [9.17, 15) is 15.3 Å². The summed E-state index contributed by atoms with van der Waals surface area (Å²) in [4.78, 5) is 0. The Morgan fingerprint density at radius 2 is 1.86 bits per heavy atom. The zero-order chi connectivity index (χ0) is 15.4. The third kappa shape index (κ3) is 3.57. The van der Waals surface area contributed by atoms with Crippen LogP contribution in [0.5, 0.6) is 0 Å². The number of nitrogens with zero attached hydrogens (tertiary/aromatic N) is 3. The minimum Gasteiger partial charge on any atom is -0.396 e. The van der Waals surface area contributed by atoms with Crippen molar-refractivity contribution in [1.29, 1.82) is 0 Å². The molecule has 0 unspecified atom stereocenters. The molecular formula is C12H21N3O6. The predicted molar refractivity (Wildman–Crippen MR) is 69.1 cm³/mol. The SMILES string of the molecule is OCCCCc1cn([C@@H]2O[C@H](CO)[C@H](O)[C@H](O)[C@H]2O)nn1. The maximum Gasteiger partial charge on any atom is 0.180 e. The third-order valence-electron chi connectivity index (χ3n) is 3.53. The molecule has 9 heteroatoms. The van der Waals surface area contributed by atoms with Crippen molar-refractivity contribution in [3.05, 3.63) is 11.9 Å². The van der Waals surface area contributed by atoms with Crippen LogP contribution >= 0.6 is 0 Å². The highest BCUT2D eigenvalue weighted by molar-refractivity contribution is 4.96. The van der Waals surface area contributed by atoms with Gasteiger partial charge in [-0.25, -0.2) is 4.68 Å². The van der Waals surface area contributed by atoms with Crippen LogP contribution in [0, 0.1) is 0 Å². The zero-order valence-electron chi connectivity index (χ0n) is 11.5. The summed E-state index contributed by atoms with van der Waals surface area (Å²) in [6.45, 7) is -0.375. The monoisotopic (exact) mass is 303 g/mol. The van der Waals surface area contributed by atoms with Crippen LogP contribution in [0.2, 0.25) is 0 Å². The molecule has 2 rings (SSSR count). The molecule has 1 aliphatic rings. The molecule has 1 aromatic heterocycles. The van der Waals surface area contributed by atoms with Gasteiger partial charge in [-0.3, -0.25) is 0 Å². The number of rotatable bonds is 6. The number of aliphatic hydroxyl groups is 5. The molecule has 0 spiro atoms. The first-order chi connectivity index (χ1) is 10.1. The van der Waals surface area contributed by atoms with Crippen molar-refractivity contribution in [2.75, 3.05) is 13.2 Å². The van der Waals surface area contributed by atoms with E-state index < -0.39 is 37.3 Å². The summed E-state index contributed by atoms with van der Waals surface area (Å²) in [5.74, 6) is 0. The van der Waals surface area contributed by atoms with Gasteiger partial charge in [0.1, 0.15) is 24.4 Å². The molecular weight excluding hydrogens is 282 g/mol. The number of hydrogen-bond donors (Lipinski definition) is 5. The lowest BCUT2D eigenvalue weighted by Gasteiger charge is -2.39. The van der Waals surface area contributed by atoms with Gasteiger partial charge in [0.2, 0.25) is 0 Å². The number of aryl methyl sites for hydroxylation is 1.